The lowest BCUT2D eigenvalue weighted by atomic mass is 9.88. The maximum Gasteiger partial charge on any atom is 0.160 e. The molecule has 2 rings (SSSR count). The van der Waals surface area contributed by atoms with Gasteiger partial charge in [-0.25, -0.2) is 0 Å². The molecule has 0 radical (unpaired) electrons. The van der Waals surface area contributed by atoms with Crippen molar-refractivity contribution in [2.24, 2.45) is 0 Å². The Balaban J connectivity index is 2.84. The SMILES string of the molecule is C=CCc1cc(CC)cc(-c2ccc(O)c(CC=C)c2C(C)=O)c1O. The van der Waals surface area contributed by atoms with Gasteiger partial charge in [-0.05, 0) is 61.1 Å². The Kier molecular flexibility index (Phi) is 5.81. The summed E-state index contributed by atoms with van der Waals surface area (Å²) in [5, 5.41) is 20.9. The molecule has 0 aliphatic rings. The molecule has 0 amide bonds. The number of hydrogen-bond donors (Lipinski definition) is 2. The third-order valence-electron chi connectivity index (χ3n) is 4.30. The molecule has 0 heterocycles. The second kappa shape index (κ2) is 7.84. The minimum absolute atomic E-state index is 0.0614. The van der Waals surface area contributed by atoms with Crippen LogP contribution in [0.3, 0.4) is 0 Å². The first-order valence-electron chi connectivity index (χ1n) is 8.37. The highest BCUT2D eigenvalue weighted by Crippen LogP contribution is 2.39. The number of rotatable bonds is 7. The quantitative estimate of drug-likeness (QED) is 0.553. The third kappa shape index (κ3) is 3.66. The zero-order valence-electron chi connectivity index (χ0n) is 14.8. The van der Waals surface area contributed by atoms with Crippen molar-refractivity contribution in [1.82, 2.24) is 0 Å². The average Bonchev–Trinajstić information content (AvgIpc) is 2.58. The van der Waals surface area contributed by atoms with Crippen molar-refractivity contribution in [3.8, 4) is 22.6 Å². The third-order valence-corrected chi connectivity index (χ3v) is 4.30. The lowest BCUT2D eigenvalue weighted by Gasteiger charge is -2.17. The highest BCUT2D eigenvalue weighted by molar-refractivity contribution is 6.03. The van der Waals surface area contributed by atoms with Crippen molar-refractivity contribution in [2.75, 3.05) is 0 Å². The predicted octanol–water partition coefficient (Wildman–Crippen LogP) is 4.99. The molecule has 2 aromatic rings. The second-order valence-electron chi connectivity index (χ2n) is 6.03. The van der Waals surface area contributed by atoms with Crippen LogP contribution in [0.15, 0.2) is 49.6 Å². The Hall–Kier alpha value is -2.81. The van der Waals surface area contributed by atoms with E-state index in [1.807, 2.05) is 19.1 Å². The Bertz CT molecular complexity index is 832. The van der Waals surface area contributed by atoms with Crippen LogP contribution in [0.1, 0.15) is 40.9 Å². The van der Waals surface area contributed by atoms with Crippen LogP contribution in [0.5, 0.6) is 11.5 Å². The van der Waals surface area contributed by atoms with E-state index in [1.54, 1.807) is 24.3 Å². The average molecular weight is 336 g/mol. The summed E-state index contributed by atoms with van der Waals surface area (Å²) < 4.78 is 0. The molecule has 0 spiro atoms. The first-order valence-corrected chi connectivity index (χ1v) is 8.37. The van der Waals surface area contributed by atoms with E-state index in [9.17, 15) is 15.0 Å². The van der Waals surface area contributed by atoms with Crippen molar-refractivity contribution in [3.63, 3.8) is 0 Å². The Labute approximate surface area is 149 Å². The van der Waals surface area contributed by atoms with Crippen LogP contribution < -0.4 is 0 Å². The molecule has 0 atom stereocenters. The van der Waals surface area contributed by atoms with Gasteiger partial charge in [0.05, 0.1) is 0 Å². The first-order chi connectivity index (χ1) is 11.9. The first kappa shape index (κ1) is 18.5. The summed E-state index contributed by atoms with van der Waals surface area (Å²) in [6.07, 6.45) is 5.12. The summed E-state index contributed by atoms with van der Waals surface area (Å²) in [5.41, 5.74) is 4.03. The van der Waals surface area contributed by atoms with E-state index in [2.05, 4.69) is 13.2 Å². The van der Waals surface area contributed by atoms with E-state index in [4.69, 9.17) is 0 Å². The van der Waals surface area contributed by atoms with Crippen molar-refractivity contribution in [2.45, 2.75) is 33.1 Å². The number of phenolic OH excluding ortho intramolecular Hbond substituents is 2. The topological polar surface area (TPSA) is 57.5 Å². The number of benzene rings is 2. The van der Waals surface area contributed by atoms with Gasteiger partial charge in [0, 0.05) is 16.7 Å². The number of ketones is 1. The monoisotopic (exact) mass is 336 g/mol. The molecule has 0 saturated heterocycles. The molecule has 0 aliphatic carbocycles. The normalized spacial score (nSPS) is 10.5. The number of hydrogen-bond acceptors (Lipinski definition) is 3. The fraction of sp³-hybridized carbons (Fsp3) is 0.227. The van der Waals surface area contributed by atoms with Crippen LogP contribution in [-0.2, 0) is 19.3 Å². The van der Waals surface area contributed by atoms with Crippen LogP contribution in [0, 0.1) is 0 Å². The second-order valence-corrected chi connectivity index (χ2v) is 6.03. The van der Waals surface area contributed by atoms with Crippen molar-refractivity contribution < 1.29 is 15.0 Å². The van der Waals surface area contributed by atoms with Crippen molar-refractivity contribution >= 4 is 5.78 Å². The summed E-state index contributed by atoms with van der Waals surface area (Å²) in [6, 6.07) is 7.11. The highest BCUT2D eigenvalue weighted by atomic mass is 16.3. The molecule has 0 aliphatic heterocycles. The molecule has 0 saturated carbocycles. The molecule has 3 nitrogen and oxygen atoms in total. The molecule has 0 aromatic heterocycles. The molecule has 0 bridgehead atoms. The van der Waals surface area contributed by atoms with Crippen molar-refractivity contribution in [1.29, 1.82) is 0 Å². The predicted molar refractivity (Wildman–Crippen MR) is 102 cm³/mol. The molecule has 130 valence electrons. The molecule has 2 N–H and O–H groups in total. The maximum atomic E-state index is 12.3. The Morgan fingerprint density at radius 3 is 2.32 bits per heavy atom. The van der Waals surface area contributed by atoms with E-state index < -0.39 is 0 Å². The maximum absolute atomic E-state index is 12.3. The van der Waals surface area contributed by atoms with Gasteiger partial charge in [0.25, 0.3) is 0 Å². The van der Waals surface area contributed by atoms with E-state index >= 15 is 0 Å². The van der Waals surface area contributed by atoms with Crippen LogP contribution >= 0.6 is 0 Å². The Morgan fingerprint density at radius 2 is 1.76 bits per heavy atom. The summed E-state index contributed by atoms with van der Waals surface area (Å²) in [4.78, 5) is 12.3. The number of Topliss-reactive ketones (excluding diaryl/α,β-unsaturated/α-hetero) is 1. The van der Waals surface area contributed by atoms with E-state index in [-0.39, 0.29) is 17.3 Å². The van der Waals surface area contributed by atoms with Gasteiger partial charge < -0.3 is 10.2 Å². The highest BCUT2D eigenvalue weighted by Gasteiger charge is 2.20. The van der Waals surface area contributed by atoms with Crippen molar-refractivity contribution in [3.05, 3.63) is 71.8 Å². The van der Waals surface area contributed by atoms with Gasteiger partial charge in [-0.2, -0.15) is 0 Å². The minimum Gasteiger partial charge on any atom is -0.508 e. The van der Waals surface area contributed by atoms with Crippen LogP contribution in [0.2, 0.25) is 0 Å². The van der Waals surface area contributed by atoms with Gasteiger partial charge in [0.15, 0.2) is 5.78 Å². The van der Waals surface area contributed by atoms with Gasteiger partial charge in [-0.3, -0.25) is 4.79 Å². The molecule has 0 unspecified atom stereocenters. The number of aromatic hydroxyl groups is 2. The van der Waals surface area contributed by atoms with E-state index in [0.717, 1.165) is 17.5 Å². The van der Waals surface area contributed by atoms with Crippen LogP contribution in [-0.4, -0.2) is 16.0 Å². The lowest BCUT2D eigenvalue weighted by Crippen LogP contribution is -2.04. The standard InChI is InChI=1S/C22H24O3/c1-5-8-16-12-15(7-3)13-19(22(16)25)17-10-11-20(24)18(9-6-2)21(17)14(4)23/h5-6,10-13,24-25H,1-2,7-9H2,3-4H3. The van der Waals surface area contributed by atoms with E-state index in [1.165, 1.54) is 6.92 Å². The molecular weight excluding hydrogens is 312 g/mol. The van der Waals surface area contributed by atoms with E-state index in [0.29, 0.717) is 35.1 Å². The molecular formula is C22H24O3. The summed E-state index contributed by atoms with van der Waals surface area (Å²) in [6.45, 7) is 11.0. The molecule has 2 aromatic carbocycles. The number of carbonyl (C=O) groups is 1. The number of carbonyl (C=O) groups excluding carboxylic acids is 1. The fourth-order valence-corrected chi connectivity index (χ4v) is 3.10. The van der Waals surface area contributed by atoms with Gasteiger partial charge >= 0.3 is 0 Å². The van der Waals surface area contributed by atoms with Gasteiger partial charge in [-0.15, -0.1) is 13.2 Å². The molecule has 3 heteroatoms. The zero-order chi connectivity index (χ0) is 18.6. The number of phenols is 2. The Morgan fingerprint density at radius 1 is 1.08 bits per heavy atom. The lowest BCUT2D eigenvalue weighted by molar-refractivity contribution is 0.101. The minimum atomic E-state index is -0.158. The molecule has 0 fully saturated rings. The summed E-state index contributed by atoms with van der Waals surface area (Å²) in [7, 11) is 0. The van der Waals surface area contributed by atoms with Gasteiger partial charge in [0.2, 0.25) is 0 Å². The largest absolute Gasteiger partial charge is 0.508 e. The number of allylic oxidation sites excluding steroid dienone is 2. The summed E-state index contributed by atoms with van der Waals surface area (Å²) >= 11 is 0. The summed E-state index contributed by atoms with van der Waals surface area (Å²) in [5.74, 6) is 0.0514. The zero-order valence-corrected chi connectivity index (χ0v) is 14.8. The smallest absolute Gasteiger partial charge is 0.160 e. The van der Waals surface area contributed by atoms with Gasteiger partial charge in [0.1, 0.15) is 11.5 Å². The van der Waals surface area contributed by atoms with Gasteiger partial charge in [-0.1, -0.05) is 25.1 Å². The number of aryl methyl sites for hydroxylation is 1. The molecule has 25 heavy (non-hydrogen) atoms. The van der Waals surface area contributed by atoms with Crippen LogP contribution in [0.4, 0.5) is 0 Å². The van der Waals surface area contributed by atoms with Crippen LogP contribution in [0.25, 0.3) is 11.1 Å². The fourth-order valence-electron chi connectivity index (χ4n) is 3.10.